The third kappa shape index (κ3) is 3.96. The second-order valence-electron chi connectivity index (χ2n) is 6.01. The van der Waals surface area contributed by atoms with Crippen LogP contribution in [0.5, 0.6) is 0 Å². The van der Waals surface area contributed by atoms with Gasteiger partial charge >= 0.3 is 0 Å². The monoisotopic (exact) mass is 326 g/mol. The summed E-state index contributed by atoms with van der Waals surface area (Å²) in [4.78, 5) is 2.42. The van der Waals surface area contributed by atoms with Crippen molar-refractivity contribution in [3.05, 3.63) is 50.9 Å². The molecular formula is C16H20ClFN2S. The Bertz CT molecular complexity index is 619. The van der Waals surface area contributed by atoms with Gasteiger partial charge < -0.3 is 11.1 Å². The summed E-state index contributed by atoms with van der Waals surface area (Å²) in [5.41, 5.74) is 6.54. The predicted molar refractivity (Wildman–Crippen MR) is 89.8 cm³/mol. The zero-order valence-electron chi connectivity index (χ0n) is 12.4. The highest BCUT2D eigenvalue weighted by Crippen LogP contribution is 2.34. The number of nitrogens with two attached hydrogens (primary N) is 1. The van der Waals surface area contributed by atoms with Crippen LogP contribution in [0, 0.1) is 5.82 Å². The molecule has 0 spiro atoms. The van der Waals surface area contributed by atoms with Crippen molar-refractivity contribution >= 4 is 28.6 Å². The van der Waals surface area contributed by atoms with Gasteiger partial charge in [0.1, 0.15) is 5.82 Å². The van der Waals surface area contributed by atoms with Crippen LogP contribution in [0.3, 0.4) is 0 Å². The standard InChI is InChI=1S/C16H20ClFN2S/c1-16(2,3)15-7-6-14(21-15)13(9-19)20-12-8-10(18)4-5-11(12)17/h4-8,13,20H,9,19H2,1-3H3. The molecule has 1 heterocycles. The van der Waals surface area contributed by atoms with Crippen LogP contribution in [0.25, 0.3) is 0 Å². The number of benzene rings is 1. The fourth-order valence-electron chi connectivity index (χ4n) is 1.99. The molecule has 0 amide bonds. The van der Waals surface area contributed by atoms with E-state index in [0.29, 0.717) is 17.3 Å². The minimum Gasteiger partial charge on any atom is -0.375 e. The number of nitrogens with one attached hydrogen (secondary N) is 1. The number of halogens is 2. The summed E-state index contributed by atoms with van der Waals surface area (Å²) in [7, 11) is 0. The van der Waals surface area contributed by atoms with Gasteiger partial charge in [0, 0.05) is 16.3 Å². The first-order valence-corrected chi connectivity index (χ1v) is 8.02. The first kappa shape index (κ1) is 16.3. The maximum atomic E-state index is 13.3. The zero-order valence-corrected chi connectivity index (χ0v) is 14.0. The molecule has 0 saturated carbocycles. The Morgan fingerprint density at radius 3 is 2.57 bits per heavy atom. The smallest absolute Gasteiger partial charge is 0.125 e. The van der Waals surface area contributed by atoms with Crippen LogP contribution in [-0.2, 0) is 5.41 Å². The first-order valence-electron chi connectivity index (χ1n) is 6.83. The molecule has 0 bridgehead atoms. The molecule has 2 aromatic rings. The number of hydrogen-bond donors (Lipinski definition) is 2. The van der Waals surface area contributed by atoms with Crippen molar-refractivity contribution < 1.29 is 4.39 Å². The van der Waals surface area contributed by atoms with Gasteiger partial charge in [0.15, 0.2) is 0 Å². The summed E-state index contributed by atoms with van der Waals surface area (Å²) in [5.74, 6) is -0.320. The van der Waals surface area contributed by atoms with E-state index in [0.717, 1.165) is 4.88 Å². The van der Waals surface area contributed by atoms with Gasteiger partial charge in [-0.3, -0.25) is 0 Å². The van der Waals surface area contributed by atoms with E-state index in [1.807, 2.05) is 0 Å². The van der Waals surface area contributed by atoms with E-state index in [9.17, 15) is 4.39 Å². The number of hydrogen-bond acceptors (Lipinski definition) is 3. The van der Waals surface area contributed by atoms with Crippen molar-refractivity contribution in [2.45, 2.75) is 32.2 Å². The molecule has 114 valence electrons. The predicted octanol–water partition coefficient (Wildman–Crippen LogP) is 4.95. The molecule has 1 atom stereocenters. The molecule has 0 radical (unpaired) electrons. The van der Waals surface area contributed by atoms with E-state index in [4.69, 9.17) is 17.3 Å². The molecule has 3 N–H and O–H groups in total. The zero-order chi connectivity index (χ0) is 15.6. The maximum absolute atomic E-state index is 13.3. The van der Waals surface area contributed by atoms with E-state index < -0.39 is 0 Å². The molecule has 0 aliphatic heterocycles. The Hall–Kier alpha value is -1.10. The van der Waals surface area contributed by atoms with Gasteiger partial charge in [-0.05, 0) is 35.7 Å². The Morgan fingerprint density at radius 2 is 2.00 bits per heavy atom. The highest BCUT2D eigenvalue weighted by Gasteiger charge is 2.19. The minimum absolute atomic E-state index is 0.0783. The molecule has 0 aliphatic carbocycles. The molecule has 5 heteroatoms. The quantitative estimate of drug-likeness (QED) is 0.834. The molecule has 2 nitrogen and oxygen atoms in total. The fraction of sp³-hybridized carbons (Fsp3) is 0.375. The van der Waals surface area contributed by atoms with Crippen LogP contribution >= 0.6 is 22.9 Å². The lowest BCUT2D eigenvalue weighted by atomic mass is 9.95. The Balaban J connectivity index is 2.24. The summed E-state index contributed by atoms with van der Waals surface area (Å²) in [6.07, 6.45) is 0. The van der Waals surface area contributed by atoms with Gasteiger partial charge in [-0.15, -0.1) is 11.3 Å². The Kier molecular flexibility index (Phi) is 4.91. The molecule has 1 aromatic heterocycles. The van der Waals surface area contributed by atoms with E-state index in [1.54, 1.807) is 17.4 Å². The molecule has 2 rings (SSSR count). The summed E-state index contributed by atoms with van der Waals surface area (Å²) >= 11 is 7.82. The highest BCUT2D eigenvalue weighted by atomic mass is 35.5. The van der Waals surface area contributed by atoms with Crippen LogP contribution in [0.4, 0.5) is 10.1 Å². The molecular weight excluding hydrogens is 307 g/mol. The van der Waals surface area contributed by atoms with Gasteiger partial charge in [0.05, 0.1) is 16.8 Å². The van der Waals surface area contributed by atoms with Crippen molar-refractivity contribution in [1.29, 1.82) is 0 Å². The average Bonchev–Trinajstić information content (AvgIpc) is 2.89. The molecule has 0 saturated heterocycles. The first-order chi connectivity index (χ1) is 9.81. The van der Waals surface area contributed by atoms with Gasteiger partial charge in [-0.2, -0.15) is 0 Å². The van der Waals surface area contributed by atoms with Crippen molar-refractivity contribution in [3.63, 3.8) is 0 Å². The topological polar surface area (TPSA) is 38.0 Å². The average molecular weight is 327 g/mol. The van der Waals surface area contributed by atoms with Crippen LogP contribution in [-0.4, -0.2) is 6.54 Å². The number of thiophene rings is 1. The maximum Gasteiger partial charge on any atom is 0.125 e. The second kappa shape index (κ2) is 6.34. The normalized spacial score (nSPS) is 13.2. The number of anilines is 1. The third-order valence-electron chi connectivity index (χ3n) is 3.20. The van der Waals surface area contributed by atoms with Crippen LogP contribution in [0.1, 0.15) is 36.6 Å². The molecule has 0 aliphatic rings. The molecule has 0 fully saturated rings. The lowest BCUT2D eigenvalue weighted by molar-refractivity contribution is 0.604. The summed E-state index contributed by atoms with van der Waals surface area (Å²) in [5, 5.41) is 3.72. The van der Waals surface area contributed by atoms with E-state index in [1.165, 1.54) is 17.0 Å². The van der Waals surface area contributed by atoms with Crippen molar-refractivity contribution in [3.8, 4) is 0 Å². The van der Waals surface area contributed by atoms with Crippen molar-refractivity contribution in [2.75, 3.05) is 11.9 Å². The Morgan fingerprint density at radius 1 is 1.29 bits per heavy atom. The van der Waals surface area contributed by atoms with Crippen LogP contribution < -0.4 is 11.1 Å². The van der Waals surface area contributed by atoms with E-state index in [2.05, 4.69) is 38.2 Å². The van der Waals surface area contributed by atoms with E-state index in [-0.39, 0.29) is 17.3 Å². The lowest BCUT2D eigenvalue weighted by Gasteiger charge is -2.19. The third-order valence-corrected chi connectivity index (χ3v) is 5.16. The molecule has 1 aromatic carbocycles. The molecule has 21 heavy (non-hydrogen) atoms. The summed E-state index contributed by atoms with van der Waals surface area (Å²) in [6, 6.07) is 8.39. The van der Waals surface area contributed by atoms with Gasteiger partial charge in [0.25, 0.3) is 0 Å². The molecule has 1 unspecified atom stereocenters. The van der Waals surface area contributed by atoms with Crippen LogP contribution in [0.2, 0.25) is 5.02 Å². The number of rotatable bonds is 4. The van der Waals surface area contributed by atoms with Crippen molar-refractivity contribution in [2.24, 2.45) is 5.73 Å². The lowest BCUT2D eigenvalue weighted by Crippen LogP contribution is -2.20. The van der Waals surface area contributed by atoms with Gasteiger partial charge in [0.2, 0.25) is 0 Å². The largest absolute Gasteiger partial charge is 0.375 e. The minimum atomic E-state index is -0.320. The second-order valence-corrected chi connectivity index (χ2v) is 7.53. The fourth-order valence-corrected chi connectivity index (χ4v) is 3.29. The van der Waals surface area contributed by atoms with Crippen LogP contribution in [0.15, 0.2) is 30.3 Å². The highest BCUT2D eigenvalue weighted by molar-refractivity contribution is 7.12. The van der Waals surface area contributed by atoms with Gasteiger partial charge in [-0.25, -0.2) is 4.39 Å². The van der Waals surface area contributed by atoms with E-state index >= 15 is 0 Å². The van der Waals surface area contributed by atoms with Gasteiger partial charge in [-0.1, -0.05) is 32.4 Å². The summed E-state index contributed by atoms with van der Waals surface area (Å²) in [6.45, 7) is 6.95. The Labute approximate surface area is 134 Å². The SMILES string of the molecule is CC(C)(C)c1ccc(C(CN)Nc2cc(F)ccc2Cl)s1. The summed E-state index contributed by atoms with van der Waals surface area (Å²) < 4.78 is 13.3. The van der Waals surface area contributed by atoms with Crippen molar-refractivity contribution in [1.82, 2.24) is 0 Å².